The number of alkyl halides is 3. The van der Waals surface area contributed by atoms with Gasteiger partial charge in [0, 0.05) is 12.2 Å². The zero-order chi connectivity index (χ0) is 23.3. The molecule has 3 aromatic rings. The van der Waals surface area contributed by atoms with Crippen LogP contribution in [0.1, 0.15) is 33.7 Å². The molecule has 0 bridgehead atoms. The molecule has 168 valence electrons. The number of nitrogens with zero attached hydrogens (tertiary/aromatic N) is 1. The van der Waals surface area contributed by atoms with E-state index >= 15 is 0 Å². The first kappa shape index (κ1) is 23.5. The highest BCUT2D eigenvalue weighted by molar-refractivity contribution is 5.98. The van der Waals surface area contributed by atoms with Crippen molar-refractivity contribution in [3.05, 3.63) is 101 Å². The molecule has 6 heteroatoms. The Bertz CT molecular complexity index is 1050. The van der Waals surface area contributed by atoms with Crippen molar-refractivity contribution in [2.45, 2.75) is 32.4 Å². The Labute approximate surface area is 186 Å². The molecule has 0 aliphatic heterocycles. The molecule has 0 unspecified atom stereocenters. The average molecular weight is 441 g/mol. The molecular weight excluding hydrogens is 415 g/mol. The van der Waals surface area contributed by atoms with Crippen molar-refractivity contribution in [1.29, 1.82) is 0 Å². The van der Waals surface area contributed by atoms with Crippen LogP contribution < -0.4 is 4.90 Å². The lowest BCUT2D eigenvalue weighted by Crippen LogP contribution is -2.38. The van der Waals surface area contributed by atoms with E-state index in [1.54, 1.807) is 17.0 Å². The first-order valence-electron chi connectivity index (χ1n) is 10.4. The lowest BCUT2D eigenvalue weighted by atomic mass is 9.97. The summed E-state index contributed by atoms with van der Waals surface area (Å²) in [6.07, 6.45) is -4.01. The van der Waals surface area contributed by atoms with Gasteiger partial charge in [-0.25, -0.2) is 0 Å². The zero-order valence-corrected chi connectivity index (χ0v) is 18.1. The topological polar surface area (TPSA) is 40.5 Å². The lowest BCUT2D eigenvalue weighted by molar-refractivity contribution is -0.137. The lowest BCUT2D eigenvalue weighted by Gasteiger charge is -2.28. The molecule has 0 fully saturated rings. The fraction of sp³-hybridized carbons (Fsp3) is 0.269. The van der Waals surface area contributed by atoms with Crippen molar-refractivity contribution in [3.63, 3.8) is 0 Å². The zero-order valence-electron chi connectivity index (χ0n) is 18.1. The van der Waals surface area contributed by atoms with Crippen LogP contribution in [0.5, 0.6) is 0 Å². The summed E-state index contributed by atoms with van der Waals surface area (Å²) in [6.45, 7) is 3.87. The first-order valence-corrected chi connectivity index (χ1v) is 10.4. The molecule has 32 heavy (non-hydrogen) atoms. The fourth-order valence-corrected chi connectivity index (χ4v) is 3.56. The summed E-state index contributed by atoms with van der Waals surface area (Å²) < 4.78 is 38.5. The van der Waals surface area contributed by atoms with Crippen LogP contribution in [-0.2, 0) is 17.4 Å². The van der Waals surface area contributed by atoms with Gasteiger partial charge in [-0.15, -0.1) is 0 Å². The number of aryl methyl sites for hydroxylation is 2. The van der Waals surface area contributed by atoms with Crippen molar-refractivity contribution in [3.8, 4) is 0 Å². The summed E-state index contributed by atoms with van der Waals surface area (Å²) in [6, 6.07) is 19.7. The first-order chi connectivity index (χ1) is 15.2. The summed E-state index contributed by atoms with van der Waals surface area (Å²) in [5, 5.41) is 9.98. The molecule has 0 aromatic heterocycles. The van der Waals surface area contributed by atoms with E-state index in [0.29, 0.717) is 23.2 Å². The fourth-order valence-electron chi connectivity index (χ4n) is 3.56. The van der Waals surface area contributed by atoms with Crippen LogP contribution in [0.15, 0.2) is 72.8 Å². The monoisotopic (exact) mass is 441 g/mol. The number of aliphatic hydroxyl groups excluding tert-OH is 1. The number of rotatable bonds is 7. The van der Waals surface area contributed by atoms with Crippen LogP contribution in [0.25, 0.3) is 0 Å². The van der Waals surface area contributed by atoms with Crippen molar-refractivity contribution >= 4 is 11.6 Å². The molecule has 0 heterocycles. The Balaban J connectivity index is 1.88. The van der Waals surface area contributed by atoms with Gasteiger partial charge in [-0.3, -0.25) is 4.79 Å². The summed E-state index contributed by atoms with van der Waals surface area (Å²) in [4.78, 5) is 15.1. The van der Waals surface area contributed by atoms with Gasteiger partial charge in [-0.05, 0) is 66.8 Å². The Morgan fingerprint density at radius 2 is 1.59 bits per heavy atom. The van der Waals surface area contributed by atoms with Gasteiger partial charge in [0.15, 0.2) is 0 Å². The number of halogens is 3. The maximum atomic E-state index is 13.5. The SMILES string of the molecule is Cc1ccc(N(CCc2ccc(C(F)(F)F)cc2)C(=O)[C@@H](CO)c2ccccc2)cc1C. The van der Waals surface area contributed by atoms with E-state index in [1.807, 2.05) is 50.2 Å². The molecule has 0 saturated heterocycles. The smallest absolute Gasteiger partial charge is 0.395 e. The van der Waals surface area contributed by atoms with E-state index in [0.717, 1.165) is 23.3 Å². The van der Waals surface area contributed by atoms with Gasteiger partial charge in [0.05, 0.1) is 18.1 Å². The molecule has 0 aliphatic rings. The number of amides is 1. The molecule has 0 spiro atoms. The molecular formula is C26H26F3NO2. The number of anilines is 1. The third-order valence-electron chi connectivity index (χ3n) is 5.66. The van der Waals surface area contributed by atoms with Gasteiger partial charge < -0.3 is 10.0 Å². The molecule has 3 nitrogen and oxygen atoms in total. The Hall–Kier alpha value is -3.12. The van der Waals surface area contributed by atoms with Crippen molar-refractivity contribution in [2.24, 2.45) is 0 Å². The maximum absolute atomic E-state index is 13.5. The highest BCUT2D eigenvalue weighted by Crippen LogP contribution is 2.29. The van der Waals surface area contributed by atoms with E-state index < -0.39 is 17.7 Å². The second-order valence-corrected chi connectivity index (χ2v) is 7.85. The third-order valence-corrected chi connectivity index (χ3v) is 5.66. The van der Waals surface area contributed by atoms with E-state index in [-0.39, 0.29) is 19.1 Å². The number of hydrogen-bond acceptors (Lipinski definition) is 2. The highest BCUT2D eigenvalue weighted by atomic mass is 19.4. The van der Waals surface area contributed by atoms with Crippen LogP contribution in [-0.4, -0.2) is 24.2 Å². The third kappa shape index (κ3) is 5.56. The molecule has 0 saturated carbocycles. The van der Waals surface area contributed by atoms with Crippen LogP contribution in [0, 0.1) is 13.8 Å². The van der Waals surface area contributed by atoms with Gasteiger partial charge in [-0.2, -0.15) is 13.2 Å². The average Bonchev–Trinajstić information content (AvgIpc) is 2.77. The molecule has 1 atom stereocenters. The largest absolute Gasteiger partial charge is 0.416 e. The van der Waals surface area contributed by atoms with Crippen molar-refractivity contribution in [2.75, 3.05) is 18.1 Å². The van der Waals surface area contributed by atoms with Crippen molar-refractivity contribution in [1.82, 2.24) is 0 Å². The predicted octanol–water partition coefficient (Wildman–Crippen LogP) is 5.67. The van der Waals surface area contributed by atoms with E-state index in [1.165, 1.54) is 12.1 Å². The number of aliphatic hydroxyl groups is 1. The normalized spacial score (nSPS) is 12.4. The Morgan fingerprint density at radius 3 is 2.16 bits per heavy atom. The Morgan fingerprint density at radius 1 is 0.938 bits per heavy atom. The summed E-state index contributed by atoms with van der Waals surface area (Å²) in [5.74, 6) is -0.987. The quantitative estimate of drug-likeness (QED) is 0.513. The molecule has 0 aliphatic carbocycles. The van der Waals surface area contributed by atoms with Crippen LogP contribution in [0.3, 0.4) is 0 Å². The number of benzene rings is 3. The van der Waals surface area contributed by atoms with Gasteiger partial charge >= 0.3 is 6.18 Å². The minimum atomic E-state index is -4.38. The minimum Gasteiger partial charge on any atom is -0.395 e. The summed E-state index contributed by atoms with van der Waals surface area (Å²) in [7, 11) is 0. The molecule has 3 rings (SSSR count). The van der Waals surface area contributed by atoms with Gasteiger partial charge in [-0.1, -0.05) is 48.5 Å². The second-order valence-electron chi connectivity index (χ2n) is 7.85. The summed E-state index contributed by atoms with van der Waals surface area (Å²) in [5.41, 5.74) is 3.51. The van der Waals surface area contributed by atoms with Gasteiger partial charge in [0.25, 0.3) is 0 Å². The van der Waals surface area contributed by atoms with E-state index in [4.69, 9.17) is 0 Å². The minimum absolute atomic E-state index is 0.256. The van der Waals surface area contributed by atoms with E-state index in [2.05, 4.69) is 0 Å². The van der Waals surface area contributed by atoms with Crippen molar-refractivity contribution < 1.29 is 23.1 Å². The predicted molar refractivity (Wildman–Crippen MR) is 120 cm³/mol. The number of carbonyl (C=O) groups is 1. The highest BCUT2D eigenvalue weighted by Gasteiger charge is 2.30. The number of hydrogen-bond donors (Lipinski definition) is 1. The van der Waals surface area contributed by atoms with Gasteiger partial charge in [0.1, 0.15) is 0 Å². The Kier molecular flexibility index (Phi) is 7.36. The van der Waals surface area contributed by atoms with Crippen LogP contribution >= 0.6 is 0 Å². The van der Waals surface area contributed by atoms with Crippen LogP contribution in [0.4, 0.5) is 18.9 Å². The standard InChI is InChI=1S/C26H26F3NO2/c1-18-8-13-23(16-19(18)2)30(25(32)24(17-31)21-6-4-3-5-7-21)15-14-20-9-11-22(12-10-20)26(27,28)29/h3-13,16,24,31H,14-15,17H2,1-2H3/t24-/m0/s1. The van der Waals surface area contributed by atoms with Crippen LogP contribution in [0.2, 0.25) is 0 Å². The second kappa shape index (κ2) is 10.0. The van der Waals surface area contributed by atoms with E-state index in [9.17, 15) is 23.1 Å². The van der Waals surface area contributed by atoms with Gasteiger partial charge in [0.2, 0.25) is 5.91 Å². The molecule has 1 amide bonds. The molecule has 0 radical (unpaired) electrons. The summed E-state index contributed by atoms with van der Waals surface area (Å²) >= 11 is 0. The number of carbonyl (C=O) groups excluding carboxylic acids is 1. The molecule has 3 aromatic carbocycles. The molecule has 1 N–H and O–H groups in total. The maximum Gasteiger partial charge on any atom is 0.416 e.